The summed E-state index contributed by atoms with van der Waals surface area (Å²) in [4.78, 5) is 0. The largest absolute Gasteiger partial charge is 0.329 e. The predicted octanol–water partition coefficient (Wildman–Crippen LogP) is 0.648. The van der Waals surface area contributed by atoms with E-state index in [1.165, 1.54) is 0 Å². The van der Waals surface area contributed by atoms with E-state index in [0.717, 1.165) is 0 Å². The maximum Gasteiger partial charge on any atom is 0.00461 e. The molecule has 0 bridgehead atoms. The average molecular weight is 172 g/mol. The Morgan fingerprint density at radius 1 is 0.636 bits per heavy atom. The zero-order chi connectivity index (χ0) is 7.66. The van der Waals surface area contributed by atoms with Gasteiger partial charge in [-0.1, -0.05) is 36.4 Å². The summed E-state index contributed by atoms with van der Waals surface area (Å²) >= 11 is 0. The van der Waals surface area contributed by atoms with Crippen molar-refractivity contribution in [3.8, 4) is 0 Å². The minimum Gasteiger partial charge on any atom is -0.329 e. The highest BCUT2D eigenvalue weighted by molar-refractivity contribution is 6.92. The molecule has 0 amide bonds. The Balaban J connectivity index is 0. The third kappa shape index (κ3) is 12.7. The molecule has 1 rings (SSSR count). The van der Waals surface area contributed by atoms with Gasteiger partial charge in [0.25, 0.3) is 0 Å². The zero-order valence-electron chi connectivity index (χ0n) is 6.74. The SMILES string of the molecule is NCCN.P.c1ccccc1. The Hall–Kier alpha value is -0.430. The minimum atomic E-state index is 0. The van der Waals surface area contributed by atoms with Crippen LogP contribution in [0.3, 0.4) is 0 Å². The molecule has 1 aromatic carbocycles. The van der Waals surface area contributed by atoms with Crippen LogP contribution in [0.15, 0.2) is 36.4 Å². The lowest BCUT2D eigenvalue weighted by Crippen LogP contribution is -2.11. The van der Waals surface area contributed by atoms with E-state index >= 15 is 0 Å². The summed E-state index contributed by atoms with van der Waals surface area (Å²) < 4.78 is 0. The Bertz CT molecular complexity index is 104. The Morgan fingerprint density at radius 3 is 0.909 bits per heavy atom. The number of hydrogen-bond donors (Lipinski definition) is 2. The van der Waals surface area contributed by atoms with Crippen molar-refractivity contribution in [2.45, 2.75) is 0 Å². The number of rotatable bonds is 1. The predicted molar refractivity (Wildman–Crippen MR) is 55.7 cm³/mol. The third-order valence-electron chi connectivity index (χ3n) is 0.833. The molecule has 0 aliphatic carbocycles. The molecular formula is C8H17N2P. The molecule has 0 aliphatic rings. The van der Waals surface area contributed by atoms with E-state index in [4.69, 9.17) is 11.5 Å². The van der Waals surface area contributed by atoms with E-state index in [9.17, 15) is 0 Å². The van der Waals surface area contributed by atoms with Crippen LogP contribution in [0.4, 0.5) is 0 Å². The van der Waals surface area contributed by atoms with Crippen LogP contribution < -0.4 is 11.5 Å². The summed E-state index contributed by atoms with van der Waals surface area (Å²) in [6, 6.07) is 12.0. The van der Waals surface area contributed by atoms with E-state index in [1.54, 1.807) is 0 Å². The number of nitrogens with two attached hydrogens (primary N) is 2. The van der Waals surface area contributed by atoms with Crippen LogP contribution in [0, 0.1) is 0 Å². The molecule has 0 fully saturated rings. The van der Waals surface area contributed by atoms with Crippen molar-refractivity contribution in [3.05, 3.63) is 36.4 Å². The molecule has 0 spiro atoms. The second-order valence-corrected chi connectivity index (χ2v) is 1.73. The fourth-order valence-electron chi connectivity index (χ4n) is 0.385. The monoisotopic (exact) mass is 172 g/mol. The maximum absolute atomic E-state index is 4.90. The van der Waals surface area contributed by atoms with Gasteiger partial charge in [0.15, 0.2) is 0 Å². The van der Waals surface area contributed by atoms with Crippen molar-refractivity contribution in [1.82, 2.24) is 0 Å². The summed E-state index contributed by atoms with van der Waals surface area (Å²) in [5.41, 5.74) is 9.81. The van der Waals surface area contributed by atoms with Crippen LogP contribution in [0.25, 0.3) is 0 Å². The fourth-order valence-corrected chi connectivity index (χ4v) is 0.385. The Morgan fingerprint density at radius 2 is 0.818 bits per heavy atom. The molecule has 1 atom stereocenters. The van der Waals surface area contributed by atoms with Crippen molar-refractivity contribution in [2.24, 2.45) is 11.5 Å². The van der Waals surface area contributed by atoms with Gasteiger partial charge in [0, 0.05) is 13.1 Å². The van der Waals surface area contributed by atoms with Crippen LogP contribution in [-0.2, 0) is 0 Å². The van der Waals surface area contributed by atoms with Gasteiger partial charge in [0.2, 0.25) is 0 Å². The lowest BCUT2D eigenvalue weighted by molar-refractivity contribution is 0.976. The summed E-state index contributed by atoms with van der Waals surface area (Å²) in [5, 5.41) is 0. The van der Waals surface area contributed by atoms with Gasteiger partial charge >= 0.3 is 0 Å². The molecule has 3 heteroatoms. The van der Waals surface area contributed by atoms with Crippen molar-refractivity contribution in [1.29, 1.82) is 0 Å². The highest BCUT2D eigenvalue weighted by Gasteiger charge is 1.57. The molecule has 4 N–H and O–H groups in total. The van der Waals surface area contributed by atoms with Crippen LogP contribution >= 0.6 is 9.90 Å². The van der Waals surface area contributed by atoms with E-state index in [1.807, 2.05) is 36.4 Å². The van der Waals surface area contributed by atoms with Crippen molar-refractivity contribution in [3.63, 3.8) is 0 Å². The third-order valence-corrected chi connectivity index (χ3v) is 0.833. The summed E-state index contributed by atoms with van der Waals surface area (Å²) in [6.07, 6.45) is 0. The lowest BCUT2D eigenvalue weighted by atomic mass is 10.4. The Labute approximate surface area is 71.6 Å². The van der Waals surface area contributed by atoms with E-state index < -0.39 is 0 Å². The minimum absolute atomic E-state index is 0. The smallest absolute Gasteiger partial charge is 0.00461 e. The van der Waals surface area contributed by atoms with E-state index in [2.05, 4.69) is 0 Å². The first-order chi connectivity index (χ1) is 4.91. The summed E-state index contributed by atoms with van der Waals surface area (Å²) in [5.74, 6) is 0. The van der Waals surface area contributed by atoms with Crippen molar-refractivity contribution >= 4 is 9.90 Å². The quantitative estimate of drug-likeness (QED) is 0.611. The lowest BCUT2D eigenvalue weighted by Gasteiger charge is -1.72. The van der Waals surface area contributed by atoms with Gasteiger partial charge in [0.05, 0.1) is 0 Å². The normalized spacial score (nSPS) is 7.09. The van der Waals surface area contributed by atoms with Crippen LogP contribution in [-0.4, -0.2) is 13.1 Å². The Kier molecular flexibility index (Phi) is 14.7. The maximum atomic E-state index is 4.90. The second-order valence-electron chi connectivity index (χ2n) is 1.73. The van der Waals surface area contributed by atoms with Gasteiger partial charge in [0.1, 0.15) is 0 Å². The van der Waals surface area contributed by atoms with Crippen LogP contribution in [0.5, 0.6) is 0 Å². The van der Waals surface area contributed by atoms with Gasteiger partial charge < -0.3 is 11.5 Å². The van der Waals surface area contributed by atoms with E-state index in [0.29, 0.717) is 13.1 Å². The highest BCUT2D eigenvalue weighted by atomic mass is 31.0. The number of hydrogen-bond acceptors (Lipinski definition) is 2. The first kappa shape index (κ1) is 13.2. The average Bonchev–Trinajstić information content (AvgIpc) is 2.08. The molecule has 2 nitrogen and oxygen atoms in total. The molecule has 0 radical (unpaired) electrons. The van der Waals surface area contributed by atoms with Crippen LogP contribution in [0.2, 0.25) is 0 Å². The molecule has 0 heterocycles. The van der Waals surface area contributed by atoms with Gasteiger partial charge in [-0.15, -0.1) is 0 Å². The standard InChI is InChI=1S/C6H6.C2H8N2.H3P/c1-2-4-6-5-3-1;3-1-2-4;/h1-6H;1-4H2;1H3. The molecule has 0 saturated carbocycles. The molecule has 64 valence electrons. The molecule has 0 aromatic heterocycles. The molecule has 1 aromatic rings. The molecule has 1 unspecified atom stereocenters. The summed E-state index contributed by atoms with van der Waals surface area (Å²) in [6.45, 7) is 1.19. The summed E-state index contributed by atoms with van der Waals surface area (Å²) in [7, 11) is 0. The van der Waals surface area contributed by atoms with Gasteiger partial charge in [-0.05, 0) is 0 Å². The molecule has 0 saturated heterocycles. The highest BCUT2D eigenvalue weighted by Crippen LogP contribution is 1.79. The molecular weight excluding hydrogens is 155 g/mol. The fraction of sp³-hybridized carbons (Fsp3) is 0.250. The van der Waals surface area contributed by atoms with E-state index in [-0.39, 0.29) is 9.90 Å². The van der Waals surface area contributed by atoms with Crippen molar-refractivity contribution < 1.29 is 0 Å². The molecule has 0 aliphatic heterocycles. The zero-order valence-corrected chi connectivity index (χ0v) is 8.15. The van der Waals surface area contributed by atoms with Gasteiger partial charge in [-0.2, -0.15) is 9.90 Å². The first-order valence-corrected chi connectivity index (χ1v) is 3.32. The number of benzene rings is 1. The molecule has 11 heavy (non-hydrogen) atoms. The van der Waals surface area contributed by atoms with Gasteiger partial charge in [-0.3, -0.25) is 0 Å². The van der Waals surface area contributed by atoms with Crippen LogP contribution in [0.1, 0.15) is 0 Å². The first-order valence-electron chi connectivity index (χ1n) is 3.32. The second kappa shape index (κ2) is 12.3. The topological polar surface area (TPSA) is 52.0 Å². The van der Waals surface area contributed by atoms with Gasteiger partial charge in [-0.25, -0.2) is 0 Å². The van der Waals surface area contributed by atoms with Crippen molar-refractivity contribution in [2.75, 3.05) is 13.1 Å².